The summed E-state index contributed by atoms with van der Waals surface area (Å²) in [6.45, 7) is 9.04. The number of rotatable bonds is 8. The van der Waals surface area contributed by atoms with Crippen LogP contribution in [-0.4, -0.2) is 62.8 Å². The van der Waals surface area contributed by atoms with Gasteiger partial charge in [0.2, 0.25) is 5.91 Å². The van der Waals surface area contributed by atoms with Gasteiger partial charge >= 0.3 is 6.03 Å². The quantitative estimate of drug-likeness (QED) is 0.637. The summed E-state index contributed by atoms with van der Waals surface area (Å²) >= 11 is 0. The van der Waals surface area contributed by atoms with Crippen LogP contribution in [0.5, 0.6) is 11.5 Å². The Balaban J connectivity index is 1.58. The molecule has 1 heterocycles. The number of amides is 3. The standard InChI is InChI=1S/C25H34N4O4/c1-5-33-22-9-7-6-8-21(22)28-14-16-29(17-15-28)24(30)23(18(2)3)27-25(31)26-19-10-12-20(32-4)13-11-19/h6-13,18,23H,5,14-17H2,1-4H3,(H2,26,27,31). The highest BCUT2D eigenvalue weighted by Crippen LogP contribution is 2.29. The van der Waals surface area contributed by atoms with Gasteiger partial charge in [0, 0.05) is 31.9 Å². The molecule has 2 aromatic carbocycles. The molecule has 1 saturated heterocycles. The number of anilines is 2. The largest absolute Gasteiger partial charge is 0.497 e. The van der Waals surface area contributed by atoms with E-state index in [9.17, 15) is 9.59 Å². The molecule has 33 heavy (non-hydrogen) atoms. The molecule has 3 amide bonds. The maximum Gasteiger partial charge on any atom is 0.319 e. The Morgan fingerprint density at radius 1 is 1.00 bits per heavy atom. The van der Waals surface area contributed by atoms with Crippen LogP contribution in [0.1, 0.15) is 20.8 Å². The van der Waals surface area contributed by atoms with Crippen molar-refractivity contribution in [2.45, 2.75) is 26.8 Å². The predicted molar refractivity (Wildman–Crippen MR) is 130 cm³/mol. The van der Waals surface area contributed by atoms with Crippen molar-refractivity contribution < 1.29 is 19.1 Å². The predicted octanol–water partition coefficient (Wildman–Crippen LogP) is 3.59. The van der Waals surface area contributed by atoms with Crippen LogP contribution in [0.4, 0.5) is 16.2 Å². The van der Waals surface area contributed by atoms with E-state index in [1.165, 1.54) is 0 Å². The van der Waals surface area contributed by atoms with Crippen LogP contribution in [0.15, 0.2) is 48.5 Å². The number of hydrogen-bond acceptors (Lipinski definition) is 5. The first-order valence-corrected chi connectivity index (χ1v) is 11.4. The third kappa shape index (κ3) is 6.31. The molecule has 0 aliphatic carbocycles. The molecule has 0 saturated carbocycles. The van der Waals surface area contributed by atoms with Crippen molar-refractivity contribution in [2.24, 2.45) is 5.92 Å². The Morgan fingerprint density at radius 3 is 2.27 bits per heavy atom. The number of piperazine rings is 1. The topological polar surface area (TPSA) is 83.1 Å². The van der Waals surface area contributed by atoms with Gasteiger partial charge in [-0.05, 0) is 49.2 Å². The number of carbonyl (C=O) groups excluding carboxylic acids is 2. The monoisotopic (exact) mass is 454 g/mol. The third-order valence-corrected chi connectivity index (χ3v) is 5.66. The van der Waals surface area contributed by atoms with E-state index in [1.54, 1.807) is 31.4 Å². The Kier molecular flexibility index (Phi) is 8.40. The fourth-order valence-electron chi connectivity index (χ4n) is 3.86. The Morgan fingerprint density at radius 2 is 1.67 bits per heavy atom. The molecule has 178 valence electrons. The molecule has 1 fully saturated rings. The molecule has 0 spiro atoms. The van der Waals surface area contributed by atoms with E-state index < -0.39 is 12.1 Å². The zero-order chi connectivity index (χ0) is 23.8. The van der Waals surface area contributed by atoms with E-state index in [4.69, 9.17) is 9.47 Å². The first kappa shape index (κ1) is 24.2. The fourth-order valence-corrected chi connectivity index (χ4v) is 3.86. The van der Waals surface area contributed by atoms with Crippen molar-refractivity contribution >= 4 is 23.3 Å². The molecule has 1 aliphatic heterocycles. The smallest absolute Gasteiger partial charge is 0.319 e. The number of para-hydroxylation sites is 2. The second kappa shape index (κ2) is 11.4. The molecular weight excluding hydrogens is 420 g/mol. The molecule has 1 aliphatic rings. The number of nitrogens with zero attached hydrogens (tertiary/aromatic N) is 2. The summed E-state index contributed by atoms with van der Waals surface area (Å²) in [6, 6.07) is 14.0. The van der Waals surface area contributed by atoms with Gasteiger partial charge in [-0.1, -0.05) is 26.0 Å². The summed E-state index contributed by atoms with van der Waals surface area (Å²) in [5.41, 5.74) is 1.67. The second-order valence-corrected chi connectivity index (χ2v) is 8.26. The van der Waals surface area contributed by atoms with Gasteiger partial charge in [0.25, 0.3) is 0 Å². The van der Waals surface area contributed by atoms with Crippen LogP contribution in [0.2, 0.25) is 0 Å². The van der Waals surface area contributed by atoms with Crippen LogP contribution < -0.4 is 25.0 Å². The van der Waals surface area contributed by atoms with E-state index in [1.807, 2.05) is 49.9 Å². The maximum absolute atomic E-state index is 13.2. The van der Waals surface area contributed by atoms with Gasteiger partial charge in [-0.25, -0.2) is 4.79 Å². The van der Waals surface area contributed by atoms with E-state index in [0.29, 0.717) is 44.2 Å². The Labute approximate surface area is 195 Å². The van der Waals surface area contributed by atoms with Crippen molar-refractivity contribution in [3.05, 3.63) is 48.5 Å². The number of carbonyl (C=O) groups is 2. The minimum Gasteiger partial charge on any atom is -0.497 e. The highest BCUT2D eigenvalue weighted by molar-refractivity contribution is 5.94. The molecule has 1 unspecified atom stereocenters. The molecule has 3 rings (SSSR count). The molecular formula is C25H34N4O4. The van der Waals surface area contributed by atoms with Crippen LogP contribution in [0.3, 0.4) is 0 Å². The zero-order valence-electron chi connectivity index (χ0n) is 19.8. The third-order valence-electron chi connectivity index (χ3n) is 5.66. The minimum absolute atomic E-state index is 0.0455. The van der Waals surface area contributed by atoms with Gasteiger partial charge in [0.15, 0.2) is 0 Å². The summed E-state index contributed by atoms with van der Waals surface area (Å²) in [6.07, 6.45) is 0. The van der Waals surface area contributed by atoms with Crippen molar-refractivity contribution in [1.82, 2.24) is 10.2 Å². The summed E-state index contributed by atoms with van der Waals surface area (Å²) in [4.78, 5) is 29.9. The first-order valence-electron chi connectivity index (χ1n) is 11.4. The molecule has 2 N–H and O–H groups in total. The lowest BCUT2D eigenvalue weighted by atomic mass is 10.0. The number of ether oxygens (including phenoxy) is 2. The number of nitrogens with one attached hydrogen (secondary N) is 2. The second-order valence-electron chi connectivity index (χ2n) is 8.26. The molecule has 0 aromatic heterocycles. The van der Waals surface area contributed by atoms with Crippen LogP contribution in [-0.2, 0) is 4.79 Å². The lowest BCUT2D eigenvalue weighted by Gasteiger charge is -2.38. The molecule has 8 heteroatoms. The van der Waals surface area contributed by atoms with Gasteiger partial charge in [-0.2, -0.15) is 0 Å². The van der Waals surface area contributed by atoms with Gasteiger partial charge in [0.05, 0.1) is 19.4 Å². The molecule has 2 aromatic rings. The zero-order valence-corrected chi connectivity index (χ0v) is 19.8. The number of benzene rings is 2. The average Bonchev–Trinajstić information content (AvgIpc) is 2.83. The molecule has 8 nitrogen and oxygen atoms in total. The summed E-state index contributed by atoms with van der Waals surface area (Å²) in [5.74, 6) is 1.46. The number of methoxy groups -OCH3 is 1. The lowest BCUT2D eigenvalue weighted by Crippen LogP contribution is -2.57. The van der Waals surface area contributed by atoms with Gasteiger partial charge < -0.3 is 29.9 Å². The van der Waals surface area contributed by atoms with Crippen molar-refractivity contribution in [3.63, 3.8) is 0 Å². The molecule has 0 bridgehead atoms. The van der Waals surface area contributed by atoms with Crippen molar-refractivity contribution in [3.8, 4) is 11.5 Å². The fraction of sp³-hybridized carbons (Fsp3) is 0.440. The van der Waals surface area contributed by atoms with E-state index >= 15 is 0 Å². The molecule has 0 radical (unpaired) electrons. The Hall–Kier alpha value is -3.42. The van der Waals surface area contributed by atoms with E-state index in [0.717, 1.165) is 11.4 Å². The van der Waals surface area contributed by atoms with Crippen LogP contribution in [0.25, 0.3) is 0 Å². The van der Waals surface area contributed by atoms with Gasteiger partial charge in [0.1, 0.15) is 17.5 Å². The maximum atomic E-state index is 13.2. The number of hydrogen-bond donors (Lipinski definition) is 2. The number of urea groups is 1. The highest BCUT2D eigenvalue weighted by atomic mass is 16.5. The minimum atomic E-state index is -0.606. The average molecular weight is 455 g/mol. The summed E-state index contributed by atoms with van der Waals surface area (Å²) in [5, 5.41) is 5.64. The van der Waals surface area contributed by atoms with Gasteiger partial charge in [-0.3, -0.25) is 4.79 Å². The van der Waals surface area contributed by atoms with Crippen LogP contribution in [0, 0.1) is 5.92 Å². The van der Waals surface area contributed by atoms with Crippen LogP contribution >= 0.6 is 0 Å². The van der Waals surface area contributed by atoms with Crippen molar-refractivity contribution in [1.29, 1.82) is 0 Å². The first-order chi connectivity index (χ1) is 15.9. The molecule has 1 atom stereocenters. The van der Waals surface area contributed by atoms with Crippen molar-refractivity contribution in [2.75, 3.05) is 50.1 Å². The highest BCUT2D eigenvalue weighted by Gasteiger charge is 2.31. The SMILES string of the molecule is CCOc1ccccc1N1CCN(C(=O)C(NC(=O)Nc2ccc(OC)cc2)C(C)C)CC1. The van der Waals surface area contributed by atoms with E-state index in [-0.39, 0.29) is 11.8 Å². The normalized spacial score (nSPS) is 14.6. The lowest BCUT2D eigenvalue weighted by molar-refractivity contribution is -0.134. The Bertz CT molecular complexity index is 924. The van der Waals surface area contributed by atoms with Gasteiger partial charge in [-0.15, -0.1) is 0 Å². The summed E-state index contributed by atoms with van der Waals surface area (Å²) in [7, 11) is 1.59. The van der Waals surface area contributed by atoms with E-state index in [2.05, 4.69) is 15.5 Å². The summed E-state index contributed by atoms with van der Waals surface area (Å²) < 4.78 is 10.9.